The molecule has 0 bridgehead atoms. The second-order valence-corrected chi connectivity index (χ2v) is 11.7. The van der Waals surface area contributed by atoms with Crippen molar-refractivity contribution in [3.63, 3.8) is 0 Å². The molecule has 2 aromatic heterocycles. The van der Waals surface area contributed by atoms with Gasteiger partial charge in [-0.3, -0.25) is 14.8 Å². The van der Waals surface area contributed by atoms with Crippen LogP contribution in [0.1, 0.15) is 37.9 Å². The highest BCUT2D eigenvalue weighted by Crippen LogP contribution is 2.38. The zero-order chi connectivity index (χ0) is 35.2. The van der Waals surface area contributed by atoms with Crippen molar-refractivity contribution in [1.29, 1.82) is 5.26 Å². The van der Waals surface area contributed by atoms with Crippen LogP contribution in [-0.2, 0) is 30.5 Å². The number of nitrogens with one attached hydrogen (secondary N) is 2. The summed E-state index contributed by atoms with van der Waals surface area (Å²) in [6.45, 7) is 4.66. The largest absolute Gasteiger partial charge is 0.492 e. The maximum absolute atomic E-state index is 13.9. The minimum atomic E-state index is -0.916. The van der Waals surface area contributed by atoms with E-state index >= 15 is 0 Å². The van der Waals surface area contributed by atoms with E-state index in [1.165, 1.54) is 6.20 Å². The topological polar surface area (TPSA) is 165 Å². The number of pyridine rings is 2. The lowest BCUT2D eigenvalue weighted by atomic mass is 10.1. The molecule has 2 N–H and O–H groups in total. The molecule has 6 rings (SSSR count). The Hall–Kier alpha value is -6.13. The van der Waals surface area contributed by atoms with Gasteiger partial charge in [0.1, 0.15) is 24.2 Å². The molecular weight excluding hydrogens is 664 g/mol. The molecule has 1 amide bonds. The number of cyclic esters (lactones) is 2. The highest BCUT2D eigenvalue weighted by Gasteiger charge is 2.34. The van der Waals surface area contributed by atoms with Crippen LogP contribution in [0.2, 0.25) is 5.02 Å². The summed E-state index contributed by atoms with van der Waals surface area (Å²) in [4.78, 5) is 49.3. The molecule has 2 aromatic carbocycles. The number of rotatable bonds is 10. The first-order valence-corrected chi connectivity index (χ1v) is 16.1. The Morgan fingerprint density at radius 3 is 2.60 bits per heavy atom. The van der Waals surface area contributed by atoms with Crippen LogP contribution in [0.15, 0.2) is 84.7 Å². The van der Waals surface area contributed by atoms with E-state index in [0.717, 1.165) is 30.7 Å². The van der Waals surface area contributed by atoms with Crippen molar-refractivity contribution < 1.29 is 33.3 Å². The van der Waals surface area contributed by atoms with Crippen molar-refractivity contribution >= 4 is 57.4 Å². The second-order valence-electron chi connectivity index (χ2n) is 11.3. The molecule has 50 heavy (non-hydrogen) atoms. The van der Waals surface area contributed by atoms with Gasteiger partial charge in [-0.2, -0.15) is 5.26 Å². The zero-order valence-corrected chi connectivity index (χ0v) is 27.8. The number of ether oxygens (including phenoxy) is 4. The number of aromatic nitrogens is 2. The Morgan fingerprint density at radius 1 is 1.08 bits per heavy atom. The predicted molar refractivity (Wildman–Crippen MR) is 183 cm³/mol. The number of amides is 1. The molecule has 1 atom stereocenters. The number of carbonyl (C=O) groups excluding carboxylic acids is 3. The van der Waals surface area contributed by atoms with Crippen LogP contribution >= 0.6 is 11.6 Å². The zero-order valence-electron chi connectivity index (χ0n) is 27.1. The molecule has 254 valence electrons. The first kappa shape index (κ1) is 33.8. The summed E-state index contributed by atoms with van der Waals surface area (Å²) < 4.78 is 22.6. The van der Waals surface area contributed by atoms with Crippen molar-refractivity contribution in [2.75, 3.05) is 23.8 Å². The first-order valence-electron chi connectivity index (χ1n) is 15.8. The van der Waals surface area contributed by atoms with Crippen LogP contribution < -0.4 is 20.1 Å². The molecule has 0 aliphatic carbocycles. The van der Waals surface area contributed by atoms with Crippen molar-refractivity contribution in [2.45, 2.75) is 39.3 Å². The summed E-state index contributed by atoms with van der Waals surface area (Å²) in [5, 5.41) is 16.8. The van der Waals surface area contributed by atoms with Gasteiger partial charge in [-0.05, 0) is 63.1 Å². The van der Waals surface area contributed by atoms with E-state index in [2.05, 4.69) is 26.7 Å². The van der Waals surface area contributed by atoms with Crippen molar-refractivity contribution in [1.82, 2.24) is 14.9 Å². The molecule has 1 fully saturated rings. The fourth-order valence-electron chi connectivity index (χ4n) is 5.52. The standard InChI is InChI=1S/C36H31ClN6O7/c1-3-47-30-17-27-25(16-28(30)42-35(46)34-36(43-14-6-7-21(43)2)50-32(45)12-11-31(44)49-34)33(22(18-38)19-40-27)41-23-9-10-29(26(37)15-23)48-20-24-8-4-5-13-39-24/h4-5,8-13,15-17,19,21H,3,6-7,14,20H2,1-2H3,(H,40,41)(H,42,46)/b12-11-,36-34-. The van der Waals surface area contributed by atoms with Crippen molar-refractivity contribution in [3.8, 4) is 17.6 Å². The third-order valence-electron chi connectivity index (χ3n) is 7.91. The Morgan fingerprint density at radius 2 is 1.90 bits per heavy atom. The van der Waals surface area contributed by atoms with E-state index in [9.17, 15) is 19.6 Å². The van der Waals surface area contributed by atoms with E-state index in [0.29, 0.717) is 39.6 Å². The van der Waals surface area contributed by atoms with Crippen molar-refractivity contribution in [3.05, 3.63) is 101 Å². The molecule has 1 saturated heterocycles. The summed E-state index contributed by atoms with van der Waals surface area (Å²) in [6.07, 6.45) is 6.51. The van der Waals surface area contributed by atoms with Gasteiger partial charge >= 0.3 is 11.9 Å². The monoisotopic (exact) mass is 694 g/mol. The molecule has 2 aliphatic rings. The lowest BCUT2D eigenvalue weighted by Gasteiger charge is -2.27. The van der Waals surface area contributed by atoms with E-state index in [4.69, 9.17) is 30.5 Å². The van der Waals surface area contributed by atoms with Gasteiger partial charge in [-0.15, -0.1) is 0 Å². The van der Waals surface area contributed by atoms with E-state index in [1.807, 2.05) is 25.1 Å². The first-order chi connectivity index (χ1) is 24.2. The molecule has 0 spiro atoms. The van der Waals surface area contributed by atoms with Crippen LogP contribution in [0.3, 0.4) is 0 Å². The molecule has 14 heteroatoms. The Labute approximate surface area is 292 Å². The summed E-state index contributed by atoms with van der Waals surface area (Å²) in [6, 6.07) is 15.9. The van der Waals surface area contributed by atoms with E-state index in [-0.39, 0.29) is 42.1 Å². The van der Waals surface area contributed by atoms with Gasteiger partial charge in [-0.1, -0.05) is 17.7 Å². The number of likely N-dealkylation sites (tertiary alicyclic amines) is 1. The molecule has 2 aliphatic heterocycles. The lowest BCUT2D eigenvalue weighted by Crippen LogP contribution is -2.34. The minimum Gasteiger partial charge on any atom is -0.492 e. The maximum Gasteiger partial charge on any atom is 0.337 e. The number of nitriles is 1. The highest BCUT2D eigenvalue weighted by atomic mass is 35.5. The van der Waals surface area contributed by atoms with Crippen LogP contribution in [0.25, 0.3) is 10.9 Å². The van der Waals surface area contributed by atoms with Crippen LogP contribution in [-0.4, -0.2) is 51.9 Å². The second kappa shape index (κ2) is 15.0. The van der Waals surface area contributed by atoms with Gasteiger partial charge in [0.05, 0.1) is 39.8 Å². The lowest BCUT2D eigenvalue weighted by molar-refractivity contribution is -0.143. The van der Waals surface area contributed by atoms with Gasteiger partial charge < -0.3 is 34.5 Å². The molecule has 0 saturated carbocycles. The molecule has 1 unspecified atom stereocenters. The number of benzene rings is 2. The normalized spacial score (nSPS) is 18.0. The number of hydrogen-bond donors (Lipinski definition) is 2. The number of esters is 2. The number of halogens is 1. The minimum absolute atomic E-state index is 0.0820. The van der Waals surface area contributed by atoms with Gasteiger partial charge in [-0.25, -0.2) is 9.59 Å². The summed E-state index contributed by atoms with van der Waals surface area (Å²) in [5.41, 5.74) is 2.53. The number of hydrogen-bond acceptors (Lipinski definition) is 12. The molecule has 0 radical (unpaired) electrons. The molecule has 4 heterocycles. The van der Waals surface area contributed by atoms with Crippen LogP contribution in [0, 0.1) is 11.3 Å². The molecule has 4 aromatic rings. The Balaban J connectivity index is 1.35. The smallest absolute Gasteiger partial charge is 0.337 e. The van der Waals surface area contributed by atoms with Gasteiger partial charge in [0.15, 0.2) is 0 Å². The number of anilines is 3. The Bertz CT molecular complexity index is 2080. The fraction of sp³-hybridized carbons (Fsp3) is 0.222. The average molecular weight is 695 g/mol. The number of carbonyl (C=O) groups is 3. The molecule has 13 nitrogen and oxygen atoms in total. The van der Waals surface area contributed by atoms with Gasteiger partial charge in [0, 0.05) is 54.3 Å². The highest BCUT2D eigenvalue weighted by molar-refractivity contribution is 6.32. The van der Waals surface area contributed by atoms with Crippen LogP contribution in [0.5, 0.6) is 11.5 Å². The third-order valence-corrected chi connectivity index (χ3v) is 8.21. The summed E-state index contributed by atoms with van der Waals surface area (Å²) >= 11 is 6.57. The van der Waals surface area contributed by atoms with Crippen molar-refractivity contribution in [2.24, 2.45) is 0 Å². The summed E-state index contributed by atoms with van der Waals surface area (Å²) in [5.74, 6) is -2.52. The van der Waals surface area contributed by atoms with E-state index in [1.54, 1.807) is 48.4 Å². The fourth-order valence-corrected chi connectivity index (χ4v) is 5.76. The number of nitrogens with zero attached hydrogens (tertiary/aromatic N) is 4. The predicted octanol–water partition coefficient (Wildman–Crippen LogP) is 6.12. The summed E-state index contributed by atoms with van der Waals surface area (Å²) in [7, 11) is 0. The van der Waals surface area contributed by atoms with Crippen LogP contribution in [0.4, 0.5) is 17.1 Å². The SMILES string of the molecule is CCOc1cc2ncc(C#N)c(Nc3ccc(OCc4ccccn4)c(Cl)c3)c2cc1NC(=O)/C1=C(\N2CCCC2C)OC(=O)/C=C\C(=O)O1. The van der Waals surface area contributed by atoms with Gasteiger partial charge in [0.2, 0.25) is 5.88 Å². The quantitative estimate of drug-likeness (QED) is 0.183. The third kappa shape index (κ3) is 7.45. The van der Waals surface area contributed by atoms with Gasteiger partial charge in [0.25, 0.3) is 11.7 Å². The average Bonchev–Trinajstić information content (AvgIpc) is 3.54. The maximum atomic E-state index is 13.9. The Kier molecular flexibility index (Phi) is 10.1. The number of fused-ring (bicyclic) bond motifs is 1. The molecular formula is C36H31ClN6O7. The van der Waals surface area contributed by atoms with E-state index < -0.39 is 23.6 Å².